The molecule has 112 valence electrons. The van der Waals surface area contributed by atoms with E-state index in [1.54, 1.807) is 0 Å². The fourth-order valence-electron chi connectivity index (χ4n) is 2.85. The van der Waals surface area contributed by atoms with E-state index in [1.165, 1.54) is 0 Å². The Labute approximate surface area is 124 Å². The highest BCUT2D eigenvalue weighted by Gasteiger charge is 2.34. The highest BCUT2D eigenvalue weighted by molar-refractivity contribution is 5.85. The van der Waals surface area contributed by atoms with Crippen molar-refractivity contribution < 1.29 is 14.7 Å². The summed E-state index contributed by atoms with van der Waals surface area (Å²) in [5.41, 5.74) is 2.17. The zero-order valence-corrected chi connectivity index (χ0v) is 12.4. The molecule has 0 bridgehead atoms. The van der Waals surface area contributed by atoms with Crippen molar-refractivity contribution in [2.45, 2.75) is 32.7 Å². The van der Waals surface area contributed by atoms with E-state index >= 15 is 0 Å². The first kappa shape index (κ1) is 15.3. The molecule has 2 rings (SSSR count). The second kappa shape index (κ2) is 6.57. The van der Waals surface area contributed by atoms with Gasteiger partial charge in [-0.15, -0.1) is 0 Å². The van der Waals surface area contributed by atoms with Crippen molar-refractivity contribution in [3.63, 3.8) is 0 Å². The van der Waals surface area contributed by atoms with E-state index < -0.39 is 17.8 Å². The third-order valence-electron chi connectivity index (χ3n) is 4.10. The lowest BCUT2D eigenvalue weighted by molar-refractivity contribution is -0.147. The van der Waals surface area contributed by atoms with Crippen molar-refractivity contribution in [1.82, 2.24) is 5.32 Å². The molecular formula is C17H21NO3. The first-order valence-corrected chi connectivity index (χ1v) is 7.24. The number of carbonyl (C=O) groups is 2. The van der Waals surface area contributed by atoms with Crippen LogP contribution >= 0.6 is 0 Å². The molecule has 4 nitrogen and oxygen atoms in total. The predicted octanol–water partition coefficient (Wildman–Crippen LogP) is 2.84. The van der Waals surface area contributed by atoms with E-state index in [9.17, 15) is 14.7 Å². The molecule has 2 N–H and O–H groups in total. The third kappa shape index (κ3) is 3.51. The Kier molecular flexibility index (Phi) is 4.78. The Hall–Kier alpha value is -2.10. The molecule has 0 aromatic heterocycles. The van der Waals surface area contributed by atoms with Crippen molar-refractivity contribution in [3.05, 3.63) is 47.5 Å². The van der Waals surface area contributed by atoms with Gasteiger partial charge in [0.25, 0.3) is 0 Å². The molecule has 1 aromatic rings. The second-order valence-electron chi connectivity index (χ2n) is 5.58. The number of benzene rings is 1. The van der Waals surface area contributed by atoms with Gasteiger partial charge in [-0.05, 0) is 37.8 Å². The van der Waals surface area contributed by atoms with Gasteiger partial charge in [0.2, 0.25) is 5.91 Å². The number of carbonyl (C=O) groups excluding carboxylic acids is 1. The maximum absolute atomic E-state index is 12.4. The fraction of sp³-hybridized carbons (Fsp3) is 0.412. The lowest BCUT2D eigenvalue weighted by Gasteiger charge is -2.26. The number of nitrogens with one attached hydrogen (secondary N) is 1. The smallest absolute Gasteiger partial charge is 0.307 e. The zero-order chi connectivity index (χ0) is 15.4. The zero-order valence-electron chi connectivity index (χ0n) is 12.4. The maximum Gasteiger partial charge on any atom is 0.307 e. The van der Waals surface area contributed by atoms with E-state index in [0.29, 0.717) is 12.8 Å². The molecule has 0 fully saturated rings. The predicted molar refractivity (Wildman–Crippen MR) is 80.7 cm³/mol. The Morgan fingerprint density at radius 3 is 2.43 bits per heavy atom. The van der Waals surface area contributed by atoms with Crippen molar-refractivity contribution in [1.29, 1.82) is 0 Å². The summed E-state index contributed by atoms with van der Waals surface area (Å²) >= 11 is 0. The van der Waals surface area contributed by atoms with Gasteiger partial charge in [-0.1, -0.05) is 36.4 Å². The van der Waals surface area contributed by atoms with E-state index in [4.69, 9.17) is 0 Å². The number of carboxylic acid groups (broad SMARTS) is 1. The van der Waals surface area contributed by atoms with Crippen LogP contribution in [-0.2, 0) is 9.59 Å². The van der Waals surface area contributed by atoms with Crippen molar-refractivity contribution in [3.8, 4) is 0 Å². The summed E-state index contributed by atoms with van der Waals surface area (Å²) < 4.78 is 0. The van der Waals surface area contributed by atoms with Crippen LogP contribution in [0.2, 0.25) is 0 Å². The summed E-state index contributed by atoms with van der Waals surface area (Å²) in [6.45, 7) is 3.93. The van der Waals surface area contributed by atoms with Gasteiger partial charge in [-0.2, -0.15) is 0 Å². The van der Waals surface area contributed by atoms with Gasteiger partial charge in [-0.3, -0.25) is 9.59 Å². The van der Waals surface area contributed by atoms with Gasteiger partial charge in [0.15, 0.2) is 0 Å². The van der Waals surface area contributed by atoms with Crippen LogP contribution in [0.3, 0.4) is 0 Å². The largest absolute Gasteiger partial charge is 0.481 e. The third-order valence-corrected chi connectivity index (χ3v) is 4.10. The standard InChI is InChI=1S/C17H21NO3/c1-11-7-3-4-8-13(11)12(2)18-16(19)14-9-5-6-10-15(14)17(20)21/h3-8,12,14-15H,9-10H2,1-2H3,(H,18,19)(H,20,21)/t12-,14+,15-/m0/s1. The van der Waals surface area contributed by atoms with Crippen LogP contribution in [0.15, 0.2) is 36.4 Å². The van der Waals surface area contributed by atoms with Crippen molar-refractivity contribution in [2.75, 3.05) is 0 Å². The topological polar surface area (TPSA) is 66.4 Å². The van der Waals surface area contributed by atoms with Crippen LogP contribution in [-0.4, -0.2) is 17.0 Å². The molecule has 0 saturated heterocycles. The van der Waals surface area contributed by atoms with Gasteiger partial charge >= 0.3 is 5.97 Å². The Morgan fingerprint density at radius 2 is 1.81 bits per heavy atom. The summed E-state index contributed by atoms with van der Waals surface area (Å²) in [5, 5.41) is 12.2. The average molecular weight is 287 g/mol. The minimum absolute atomic E-state index is 0.126. The first-order chi connectivity index (χ1) is 10.0. The summed E-state index contributed by atoms with van der Waals surface area (Å²) in [7, 11) is 0. The van der Waals surface area contributed by atoms with Crippen LogP contribution in [0.4, 0.5) is 0 Å². The number of hydrogen-bond donors (Lipinski definition) is 2. The molecule has 4 heteroatoms. The molecule has 1 aromatic carbocycles. The van der Waals surface area contributed by atoms with Crippen molar-refractivity contribution >= 4 is 11.9 Å². The Morgan fingerprint density at radius 1 is 1.19 bits per heavy atom. The highest BCUT2D eigenvalue weighted by Crippen LogP contribution is 2.27. The summed E-state index contributed by atoms with van der Waals surface area (Å²) in [4.78, 5) is 23.7. The second-order valence-corrected chi connectivity index (χ2v) is 5.58. The molecule has 0 aliphatic heterocycles. The number of aryl methyl sites for hydroxylation is 1. The fourth-order valence-corrected chi connectivity index (χ4v) is 2.85. The van der Waals surface area contributed by atoms with Crippen LogP contribution in [0.25, 0.3) is 0 Å². The highest BCUT2D eigenvalue weighted by atomic mass is 16.4. The minimum atomic E-state index is -0.900. The number of amides is 1. The lowest BCUT2D eigenvalue weighted by atomic mass is 9.82. The van der Waals surface area contributed by atoms with Crippen LogP contribution in [0.1, 0.15) is 36.9 Å². The van der Waals surface area contributed by atoms with E-state index in [1.807, 2.05) is 50.3 Å². The molecule has 0 heterocycles. The van der Waals surface area contributed by atoms with Crippen molar-refractivity contribution in [2.24, 2.45) is 11.8 Å². The van der Waals surface area contributed by atoms with Gasteiger partial charge in [0.1, 0.15) is 0 Å². The first-order valence-electron chi connectivity index (χ1n) is 7.24. The quantitative estimate of drug-likeness (QED) is 0.837. The maximum atomic E-state index is 12.4. The molecule has 3 atom stereocenters. The molecule has 21 heavy (non-hydrogen) atoms. The molecule has 0 radical (unpaired) electrons. The number of aliphatic carboxylic acids is 1. The molecule has 0 unspecified atom stereocenters. The molecule has 1 aliphatic carbocycles. The van der Waals surface area contributed by atoms with Crippen LogP contribution in [0, 0.1) is 18.8 Å². The summed E-state index contributed by atoms with van der Waals surface area (Å²) in [6, 6.07) is 7.75. The van der Waals surface area contributed by atoms with Gasteiger partial charge in [0, 0.05) is 0 Å². The minimum Gasteiger partial charge on any atom is -0.481 e. The lowest BCUT2D eigenvalue weighted by Crippen LogP contribution is -2.39. The monoisotopic (exact) mass is 287 g/mol. The normalized spacial score (nSPS) is 22.6. The van der Waals surface area contributed by atoms with E-state index in [-0.39, 0.29) is 11.9 Å². The molecular weight excluding hydrogens is 266 g/mol. The molecule has 0 saturated carbocycles. The Balaban J connectivity index is 2.08. The number of allylic oxidation sites excluding steroid dienone is 2. The van der Waals surface area contributed by atoms with E-state index in [0.717, 1.165) is 11.1 Å². The summed E-state index contributed by atoms with van der Waals surface area (Å²) in [5.74, 6) is -2.19. The van der Waals surface area contributed by atoms with Gasteiger partial charge < -0.3 is 10.4 Å². The van der Waals surface area contributed by atoms with Crippen LogP contribution in [0.5, 0.6) is 0 Å². The Bertz CT molecular complexity index is 565. The van der Waals surface area contributed by atoms with Gasteiger partial charge in [0.05, 0.1) is 17.9 Å². The number of rotatable bonds is 4. The number of hydrogen-bond acceptors (Lipinski definition) is 2. The average Bonchev–Trinajstić information content (AvgIpc) is 2.47. The summed E-state index contributed by atoms with van der Waals surface area (Å²) in [6.07, 6.45) is 4.64. The molecule has 1 aliphatic rings. The SMILES string of the molecule is Cc1ccccc1[C@H](C)NC(=O)[C@@H]1CC=CC[C@@H]1C(=O)O. The van der Waals surface area contributed by atoms with E-state index in [2.05, 4.69) is 5.32 Å². The molecule has 1 amide bonds. The molecule has 0 spiro atoms. The van der Waals surface area contributed by atoms with Crippen LogP contribution < -0.4 is 5.32 Å². The van der Waals surface area contributed by atoms with Gasteiger partial charge in [-0.25, -0.2) is 0 Å². The number of carboxylic acids is 1.